The Balaban J connectivity index is -0.0000000150. The van der Waals surface area contributed by atoms with Gasteiger partial charge in [0.15, 0.2) is 0 Å². The zero-order valence-corrected chi connectivity index (χ0v) is 5.44. The van der Waals surface area contributed by atoms with Gasteiger partial charge in [0.1, 0.15) is 0 Å². The monoisotopic (exact) mass is 193 g/mol. The minimum Gasteiger partial charge on any atom is -0.870 e. The number of carbonyl (C=O) groups excluding carboxylic acids is 1. The Bertz CT molecular complexity index is 35.9. The van der Waals surface area contributed by atoms with Gasteiger partial charge in [-0.05, 0) is 6.92 Å². The summed E-state index contributed by atoms with van der Waals surface area (Å²) in [5, 5.41) is 8.89. The summed E-state index contributed by atoms with van der Waals surface area (Å²) < 4.78 is 0. The van der Waals surface area contributed by atoms with Crippen LogP contribution in [-0.4, -0.2) is 11.4 Å². The second-order valence-corrected chi connectivity index (χ2v) is 0.492. The quantitative estimate of drug-likeness (QED) is 0.443. The summed E-state index contributed by atoms with van der Waals surface area (Å²) >= 11 is 0. The molecular formula is C2H4CoNiO3+2. The molecule has 5 heteroatoms. The fraction of sp³-hybridized carbons (Fsp3) is 0.500. The van der Waals surface area contributed by atoms with Gasteiger partial charge in [-0.3, -0.25) is 0 Å². The van der Waals surface area contributed by atoms with E-state index in [0.29, 0.717) is 0 Å². The fourth-order valence-corrected chi connectivity index (χ4v) is 0. The topological polar surface area (TPSA) is 70.1 Å². The molecule has 0 fully saturated rings. The zero-order valence-electron chi connectivity index (χ0n) is 3.41. The Morgan fingerprint density at radius 3 is 1.57 bits per heavy atom. The minimum absolute atomic E-state index is 0. The molecule has 1 N–H and O–H groups in total. The molecule has 0 saturated carbocycles. The van der Waals surface area contributed by atoms with Crippen molar-refractivity contribution in [3.63, 3.8) is 0 Å². The number of rotatable bonds is 0. The maximum atomic E-state index is 8.89. The van der Waals surface area contributed by atoms with Crippen molar-refractivity contribution in [2.45, 2.75) is 6.92 Å². The summed E-state index contributed by atoms with van der Waals surface area (Å²) in [7, 11) is 0. The zero-order chi connectivity index (χ0) is 3.58. The van der Waals surface area contributed by atoms with Crippen LogP contribution in [0.2, 0.25) is 0 Å². The molecule has 0 bridgehead atoms. The third kappa shape index (κ3) is 682. The molecule has 0 spiro atoms. The van der Waals surface area contributed by atoms with Crippen LogP contribution in [0.4, 0.5) is 0 Å². The van der Waals surface area contributed by atoms with Gasteiger partial charge in [-0.25, -0.2) is 0 Å². The third-order valence-corrected chi connectivity index (χ3v) is 0. The van der Waals surface area contributed by atoms with Crippen molar-refractivity contribution in [2.75, 3.05) is 0 Å². The van der Waals surface area contributed by atoms with Crippen LogP contribution in [-0.2, 0) is 38.1 Å². The Morgan fingerprint density at radius 2 is 1.57 bits per heavy atom. The number of carboxylic acids is 1. The molecule has 0 rings (SSSR count). The Kier molecular flexibility index (Phi) is 60.1. The van der Waals surface area contributed by atoms with E-state index in [1.165, 1.54) is 0 Å². The van der Waals surface area contributed by atoms with E-state index in [1.807, 2.05) is 0 Å². The smallest absolute Gasteiger partial charge is 0.870 e. The predicted octanol–water partition coefficient (Wildman–Crippen LogP) is -1.43. The van der Waals surface area contributed by atoms with Gasteiger partial charge in [0, 0.05) is 5.97 Å². The van der Waals surface area contributed by atoms with Crippen molar-refractivity contribution in [3.05, 3.63) is 0 Å². The van der Waals surface area contributed by atoms with E-state index in [0.717, 1.165) is 6.92 Å². The Labute approximate surface area is 61.9 Å². The molecule has 0 aromatic carbocycles. The van der Waals surface area contributed by atoms with E-state index < -0.39 is 5.97 Å². The summed E-state index contributed by atoms with van der Waals surface area (Å²) in [6.07, 6.45) is 0. The SMILES string of the molecule is CC(=O)[O-].[Co+2].[Ni+2].[OH-]. The van der Waals surface area contributed by atoms with E-state index in [2.05, 4.69) is 0 Å². The molecule has 1 radical (unpaired) electrons. The summed E-state index contributed by atoms with van der Waals surface area (Å²) in [6.45, 7) is 0.972. The van der Waals surface area contributed by atoms with Gasteiger partial charge in [-0.15, -0.1) is 0 Å². The first-order valence-corrected chi connectivity index (χ1v) is 0.908. The first kappa shape index (κ1) is 26.1. The minimum atomic E-state index is -1.08. The van der Waals surface area contributed by atoms with Crippen molar-refractivity contribution < 1.29 is 48.6 Å². The van der Waals surface area contributed by atoms with Crippen LogP contribution < -0.4 is 5.11 Å². The number of carboxylic acid groups (broad SMARTS) is 1. The van der Waals surface area contributed by atoms with Gasteiger partial charge in [-0.2, -0.15) is 0 Å². The van der Waals surface area contributed by atoms with E-state index in [1.54, 1.807) is 0 Å². The summed E-state index contributed by atoms with van der Waals surface area (Å²) in [5.74, 6) is -1.08. The molecule has 0 aromatic heterocycles. The van der Waals surface area contributed by atoms with E-state index >= 15 is 0 Å². The van der Waals surface area contributed by atoms with Gasteiger partial charge in [0.25, 0.3) is 0 Å². The third-order valence-electron chi connectivity index (χ3n) is 0. The largest absolute Gasteiger partial charge is 2.00 e. The molecule has 0 aliphatic carbocycles. The first-order chi connectivity index (χ1) is 1.73. The number of hydrogen-bond acceptors (Lipinski definition) is 3. The standard InChI is InChI=1S/C2H4O2.Co.Ni.H2O/c1-2(3)4;;;/h1H3,(H,3,4);;;1H2/q;2*+2;/p-2. The van der Waals surface area contributed by atoms with Crippen LogP contribution in [0, 0.1) is 0 Å². The van der Waals surface area contributed by atoms with Crippen molar-refractivity contribution >= 4 is 5.97 Å². The van der Waals surface area contributed by atoms with Gasteiger partial charge < -0.3 is 15.4 Å². The molecule has 0 unspecified atom stereocenters. The average Bonchev–Trinajstić information content (AvgIpc) is 0.811. The van der Waals surface area contributed by atoms with Crippen LogP contribution in [0.3, 0.4) is 0 Å². The maximum Gasteiger partial charge on any atom is 2.00 e. The average molecular weight is 194 g/mol. The second kappa shape index (κ2) is 16.1. The van der Waals surface area contributed by atoms with E-state index in [4.69, 9.17) is 9.90 Å². The summed E-state index contributed by atoms with van der Waals surface area (Å²) in [4.78, 5) is 8.89. The number of hydrogen-bond donors (Lipinski definition) is 0. The molecule has 47 valence electrons. The predicted molar refractivity (Wildman–Crippen MR) is 12.6 cm³/mol. The van der Waals surface area contributed by atoms with Crippen molar-refractivity contribution in [2.24, 2.45) is 0 Å². The Morgan fingerprint density at radius 1 is 1.57 bits per heavy atom. The van der Waals surface area contributed by atoms with Crippen LogP contribution in [0.1, 0.15) is 6.92 Å². The molecule has 0 aliphatic heterocycles. The molecule has 3 nitrogen and oxygen atoms in total. The molecule has 0 heterocycles. The van der Waals surface area contributed by atoms with E-state index in [-0.39, 0.29) is 38.7 Å². The van der Waals surface area contributed by atoms with Gasteiger partial charge in [0.2, 0.25) is 0 Å². The number of aliphatic carboxylic acids is 1. The van der Waals surface area contributed by atoms with Gasteiger partial charge >= 0.3 is 33.3 Å². The van der Waals surface area contributed by atoms with Crippen molar-refractivity contribution in [3.8, 4) is 0 Å². The number of carbonyl (C=O) groups is 1. The van der Waals surface area contributed by atoms with Gasteiger partial charge in [0.05, 0.1) is 0 Å². The molecule has 0 aromatic rings. The summed E-state index contributed by atoms with van der Waals surface area (Å²) in [6, 6.07) is 0. The van der Waals surface area contributed by atoms with Crippen LogP contribution in [0.15, 0.2) is 0 Å². The second-order valence-electron chi connectivity index (χ2n) is 0.492. The maximum absolute atomic E-state index is 8.89. The van der Waals surface area contributed by atoms with Crippen LogP contribution in [0.5, 0.6) is 0 Å². The molecule has 0 saturated heterocycles. The first-order valence-electron chi connectivity index (χ1n) is 0.908. The van der Waals surface area contributed by atoms with Crippen molar-refractivity contribution in [1.82, 2.24) is 0 Å². The van der Waals surface area contributed by atoms with Gasteiger partial charge in [-0.1, -0.05) is 0 Å². The normalized spacial score (nSPS) is 3.57. The molecule has 0 amide bonds. The molecule has 0 aliphatic rings. The molecule has 7 heavy (non-hydrogen) atoms. The Hall–Kier alpha value is 0.430. The van der Waals surface area contributed by atoms with Crippen LogP contribution >= 0.6 is 0 Å². The van der Waals surface area contributed by atoms with Crippen LogP contribution in [0.25, 0.3) is 0 Å². The fourth-order valence-electron chi connectivity index (χ4n) is 0. The molecule has 0 atom stereocenters. The van der Waals surface area contributed by atoms with E-state index in [9.17, 15) is 0 Å². The summed E-state index contributed by atoms with van der Waals surface area (Å²) in [5.41, 5.74) is 0. The van der Waals surface area contributed by atoms with Crippen molar-refractivity contribution in [1.29, 1.82) is 0 Å². The molecular weight excluding hydrogens is 190 g/mol.